The molecule has 1 saturated heterocycles. The van der Waals surface area contributed by atoms with Crippen molar-refractivity contribution in [1.29, 1.82) is 0 Å². The van der Waals surface area contributed by atoms with Crippen LogP contribution in [-0.4, -0.2) is 34.9 Å². The highest BCUT2D eigenvalue weighted by molar-refractivity contribution is 5.94. The zero-order valence-electron chi connectivity index (χ0n) is 13.3. The van der Waals surface area contributed by atoms with E-state index >= 15 is 0 Å². The first kappa shape index (κ1) is 17.9. The molecule has 2 rings (SSSR count). The van der Waals surface area contributed by atoms with E-state index in [0.29, 0.717) is 13.1 Å². The normalized spacial score (nSPS) is 14.9. The molecule has 1 aliphatic heterocycles. The maximum Gasteiger partial charge on any atom is 0.302 e. The molecule has 1 aromatic carbocycles. The van der Waals surface area contributed by atoms with Gasteiger partial charge in [0.15, 0.2) is 5.96 Å². The standard InChI is InChI=1S/C13H18N8O4/c14-12(15)18-13(16)17-8-6-10(19-4-2-1-3-5-19)11(21(24)25)7-9(8)20(22)23/h6-7H,1-5H2,(H6,14,15,16,17,18). The Kier molecular flexibility index (Phi) is 5.31. The summed E-state index contributed by atoms with van der Waals surface area (Å²) in [7, 11) is 0. The number of rotatable bonds is 4. The SMILES string of the molecule is NC(N)=NC(N)=Nc1cc(N2CCCCC2)c([N+](=O)[O-])cc1[N+](=O)[O-]. The Morgan fingerprint density at radius 1 is 1.00 bits per heavy atom. The average molecular weight is 350 g/mol. The summed E-state index contributed by atoms with van der Waals surface area (Å²) in [5, 5.41) is 22.6. The lowest BCUT2D eigenvalue weighted by molar-refractivity contribution is -0.393. The minimum Gasteiger partial charge on any atom is -0.370 e. The van der Waals surface area contributed by atoms with Gasteiger partial charge in [-0.05, 0) is 19.3 Å². The van der Waals surface area contributed by atoms with Gasteiger partial charge in [-0.1, -0.05) is 0 Å². The highest BCUT2D eigenvalue weighted by atomic mass is 16.6. The molecule has 0 saturated carbocycles. The fourth-order valence-corrected chi connectivity index (χ4v) is 2.61. The lowest BCUT2D eigenvalue weighted by atomic mass is 10.1. The van der Waals surface area contributed by atoms with Crippen molar-refractivity contribution in [2.24, 2.45) is 27.2 Å². The predicted octanol–water partition coefficient (Wildman–Crippen LogP) is 0.713. The molecule has 0 aliphatic carbocycles. The van der Waals surface area contributed by atoms with Crippen LogP contribution >= 0.6 is 0 Å². The van der Waals surface area contributed by atoms with Gasteiger partial charge in [0.25, 0.3) is 5.69 Å². The van der Waals surface area contributed by atoms with Crippen LogP contribution in [0.4, 0.5) is 22.7 Å². The summed E-state index contributed by atoms with van der Waals surface area (Å²) in [5.41, 5.74) is 15.1. The molecule has 1 heterocycles. The lowest BCUT2D eigenvalue weighted by Crippen LogP contribution is -2.30. The van der Waals surface area contributed by atoms with Crippen LogP contribution in [0.15, 0.2) is 22.1 Å². The van der Waals surface area contributed by atoms with Crippen molar-refractivity contribution in [3.8, 4) is 0 Å². The van der Waals surface area contributed by atoms with Crippen molar-refractivity contribution in [3.63, 3.8) is 0 Å². The van der Waals surface area contributed by atoms with Crippen LogP contribution in [0.3, 0.4) is 0 Å². The Morgan fingerprint density at radius 3 is 2.12 bits per heavy atom. The van der Waals surface area contributed by atoms with Gasteiger partial charge in [0.1, 0.15) is 11.4 Å². The molecule has 0 aromatic heterocycles. The molecule has 6 N–H and O–H groups in total. The molecule has 12 nitrogen and oxygen atoms in total. The zero-order chi connectivity index (χ0) is 18.6. The largest absolute Gasteiger partial charge is 0.370 e. The van der Waals surface area contributed by atoms with E-state index in [4.69, 9.17) is 17.2 Å². The molecule has 0 amide bonds. The number of hydrogen-bond acceptors (Lipinski definition) is 6. The summed E-state index contributed by atoms with van der Waals surface area (Å²) in [5.74, 6) is -0.747. The number of nitro benzene ring substituents is 2. The van der Waals surface area contributed by atoms with Crippen LogP contribution in [0, 0.1) is 20.2 Å². The van der Waals surface area contributed by atoms with E-state index in [1.807, 2.05) is 0 Å². The van der Waals surface area contributed by atoms with Gasteiger partial charge in [0.05, 0.1) is 15.9 Å². The van der Waals surface area contributed by atoms with Crippen LogP contribution in [0.2, 0.25) is 0 Å². The smallest absolute Gasteiger partial charge is 0.302 e. The Hall–Kier alpha value is -3.44. The molecular weight excluding hydrogens is 332 g/mol. The van der Waals surface area contributed by atoms with Gasteiger partial charge in [0, 0.05) is 19.2 Å². The van der Waals surface area contributed by atoms with Gasteiger partial charge in [-0.3, -0.25) is 20.2 Å². The third kappa shape index (κ3) is 4.31. The zero-order valence-corrected chi connectivity index (χ0v) is 13.3. The molecular formula is C13H18N8O4. The van der Waals surface area contributed by atoms with Gasteiger partial charge in [-0.2, -0.15) is 4.99 Å². The number of piperidine rings is 1. The molecule has 25 heavy (non-hydrogen) atoms. The van der Waals surface area contributed by atoms with E-state index in [1.165, 1.54) is 6.07 Å². The van der Waals surface area contributed by atoms with Crippen molar-refractivity contribution in [3.05, 3.63) is 32.4 Å². The van der Waals surface area contributed by atoms with E-state index in [1.54, 1.807) is 4.90 Å². The number of hydrogen-bond donors (Lipinski definition) is 3. The topological polar surface area (TPSA) is 192 Å². The van der Waals surface area contributed by atoms with E-state index in [-0.39, 0.29) is 29.0 Å². The summed E-state index contributed by atoms with van der Waals surface area (Å²) >= 11 is 0. The van der Waals surface area contributed by atoms with Crippen LogP contribution in [0.1, 0.15) is 19.3 Å². The number of guanidine groups is 2. The molecule has 0 bridgehead atoms. The van der Waals surface area contributed by atoms with Crippen molar-refractivity contribution in [2.45, 2.75) is 19.3 Å². The lowest BCUT2D eigenvalue weighted by Gasteiger charge is -2.28. The van der Waals surface area contributed by atoms with Crippen LogP contribution in [-0.2, 0) is 0 Å². The third-order valence-corrected chi connectivity index (χ3v) is 3.64. The van der Waals surface area contributed by atoms with Gasteiger partial charge in [0.2, 0.25) is 5.96 Å². The molecule has 0 unspecified atom stereocenters. The molecule has 0 atom stereocenters. The minimum atomic E-state index is -0.769. The van der Waals surface area contributed by atoms with Crippen LogP contribution < -0.4 is 22.1 Å². The van der Waals surface area contributed by atoms with Gasteiger partial charge in [-0.25, -0.2) is 4.99 Å². The molecule has 1 aliphatic rings. The number of anilines is 1. The number of nitrogens with zero attached hydrogens (tertiary/aromatic N) is 5. The summed E-state index contributed by atoms with van der Waals surface area (Å²) in [6.45, 7) is 1.23. The van der Waals surface area contributed by atoms with Crippen LogP contribution in [0.25, 0.3) is 0 Å². The maximum atomic E-state index is 11.4. The highest BCUT2D eigenvalue weighted by Crippen LogP contribution is 2.40. The van der Waals surface area contributed by atoms with E-state index in [2.05, 4.69) is 9.98 Å². The third-order valence-electron chi connectivity index (χ3n) is 3.64. The van der Waals surface area contributed by atoms with Gasteiger partial charge < -0.3 is 22.1 Å². The summed E-state index contributed by atoms with van der Waals surface area (Å²) < 4.78 is 0. The van der Waals surface area contributed by atoms with Gasteiger partial charge >= 0.3 is 5.69 Å². The molecule has 1 fully saturated rings. The number of nitrogens with two attached hydrogens (primary N) is 3. The average Bonchev–Trinajstić information content (AvgIpc) is 2.54. The van der Waals surface area contributed by atoms with Crippen molar-refractivity contribution >= 4 is 34.7 Å². The summed E-state index contributed by atoms with van der Waals surface area (Å²) in [4.78, 5) is 30.3. The van der Waals surface area contributed by atoms with Crippen molar-refractivity contribution in [2.75, 3.05) is 18.0 Å². The number of aliphatic imine (C=N–C) groups is 2. The molecule has 134 valence electrons. The fraction of sp³-hybridized carbons (Fsp3) is 0.385. The Morgan fingerprint density at radius 2 is 1.60 bits per heavy atom. The second kappa shape index (κ2) is 7.42. The number of nitro groups is 2. The number of benzene rings is 1. The summed E-state index contributed by atoms with van der Waals surface area (Å²) in [6, 6.07) is 2.16. The molecule has 0 spiro atoms. The molecule has 12 heteroatoms. The molecule has 1 aromatic rings. The van der Waals surface area contributed by atoms with Crippen LogP contribution in [0.5, 0.6) is 0 Å². The second-order valence-electron chi connectivity index (χ2n) is 5.40. The quantitative estimate of drug-likeness (QED) is 0.305. The minimum absolute atomic E-state index is 0.154. The first-order valence-corrected chi connectivity index (χ1v) is 7.45. The van der Waals surface area contributed by atoms with E-state index < -0.39 is 15.5 Å². The first-order valence-electron chi connectivity index (χ1n) is 7.45. The Labute approximate surface area is 142 Å². The fourth-order valence-electron chi connectivity index (χ4n) is 2.61. The molecule has 0 radical (unpaired) electrons. The Balaban J connectivity index is 2.62. The second-order valence-corrected chi connectivity index (χ2v) is 5.40. The predicted molar refractivity (Wildman–Crippen MR) is 92.9 cm³/mol. The van der Waals surface area contributed by atoms with Gasteiger partial charge in [-0.15, -0.1) is 0 Å². The monoisotopic (exact) mass is 350 g/mol. The van der Waals surface area contributed by atoms with E-state index in [9.17, 15) is 20.2 Å². The van der Waals surface area contributed by atoms with E-state index in [0.717, 1.165) is 25.3 Å². The van der Waals surface area contributed by atoms with Crippen molar-refractivity contribution < 1.29 is 9.85 Å². The highest BCUT2D eigenvalue weighted by Gasteiger charge is 2.28. The maximum absolute atomic E-state index is 11.4. The summed E-state index contributed by atoms with van der Waals surface area (Å²) in [6.07, 6.45) is 2.78. The Bertz CT molecular complexity index is 751. The van der Waals surface area contributed by atoms with Crippen molar-refractivity contribution in [1.82, 2.24) is 0 Å². The first-order chi connectivity index (χ1) is 11.8.